The van der Waals surface area contributed by atoms with Crippen molar-refractivity contribution in [2.24, 2.45) is 5.73 Å². The van der Waals surface area contributed by atoms with Crippen LogP contribution in [0, 0.1) is 0 Å². The molecule has 0 fully saturated rings. The first-order valence-electron chi connectivity index (χ1n) is 6.79. The van der Waals surface area contributed by atoms with Gasteiger partial charge in [0.25, 0.3) is 0 Å². The molecule has 0 saturated heterocycles. The van der Waals surface area contributed by atoms with E-state index in [0.717, 1.165) is 19.4 Å². The van der Waals surface area contributed by atoms with E-state index in [4.69, 9.17) is 5.73 Å². The molecular formula is C16H28N2. The van der Waals surface area contributed by atoms with E-state index in [-0.39, 0.29) is 11.5 Å². The van der Waals surface area contributed by atoms with E-state index in [1.54, 1.807) is 0 Å². The summed E-state index contributed by atoms with van der Waals surface area (Å²) in [5, 5.41) is 0. The van der Waals surface area contributed by atoms with Crippen molar-refractivity contribution in [1.29, 1.82) is 0 Å². The van der Waals surface area contributed by atoms with Crippen molar-refractivity contribution in [2.45, 2.75) is 45.1 Å². The Balaban J connectivity index is 2.53. The zero-order valence-corrected chi connectivity index (χ0v) is 12.5. The Labute approximate surface area is 112 Å². The molecule has 2 N–H and O–H groups in total. The van der Waals surface area contributed by atoms with Crippen molar-refractivity contribution in [3.63, 3.8) is 0 Å². The van der Waals surface area contributed by atoms with E-state index >= 15 is 0 Å². The highest BCUT2D eigenvalue weighted by atomic mass is 15.0. The molecule has 0 heterocycles. The lowest BCUT2D eigenvalue weighted by Crippen LogP contribution is -2.28. The van der Waals surface area contributed by atoms with Crippen molar-refractivity contribution in [1.82, 2.24) is 4.90 Å². The first-order chi connectivity index (χ1) is 8.29. The van der Waals surface area contributed by atoms with Gasteiger partial charge in [-0.15, -0.1) is 0 Å². The van der Waals surface area contributed by atoms with Crippen LogP contribution < -0.4 is 5.73 Å². The van der Waals surface area contributed by atoms with Crippen molar-refractivity contribution < 1.29 is 0 Å². The molecule has 0 radical (unpaired) electrons. The fourth-order valence-corrected chi connectivity index (χ4v) is 1.97. The van der Waals surface area contributed by atoms with Gasteiger partial charge in [-0.2, -0.15) is 0 Å². The van der Waals surface area contributed by atoms with Crippen LogP contribution in [0.15, 0.2) is 24.3 Å². The average molecular weight is 248 g/mol. The van der Waals surface area contributed by atoms with Gasteiger partial charge in [0, 0.05) is 6.04 Å². The minimum atomic E-state index is 0.228. The third-order valence-electron chi connectivity index (χ3n) is 3.26. The Morgan fingerprint density at radius 3 is 2.11 bits per heavy atom. The second-order valence-electron chi connectivity index (χ2n) is 6.50. The second kappa shape index (κ2) is 6.35. The van der Waals surface area contributed by atoms with Gasteiger partial charge >= 0.3 is 0 Å². The van der Waals surface area contributed by atoms with Gasteiger partial charge in [-0.25, -0.2) is 0 Å². The van der Waals surface area contributed by atoms with Gasteiger partial charge in [-0.05, 0) is 50.0 Å². The van der Waals surface area contributed by atoms with Crippen molar-refractivity contribution >= 4 is 0 Å². The first-order valence-corrected chi connectivity index (χ1v) is 6.79. The molecule has 1 aromatic rings. The van der Waals surface area contributed by atoms with E-state index in [1.165, 1.54) is 11.1 Å². The van der Waals surface area contributed by atoms with E-state index in [0.29, 0.717) is 0 Å². The number of rotatable bonds is 5. The van der Waals surface area contributed by atoms with Gasteiger partial charge in [-0.3, -0.25) is 0 Å². The van der Waals surface area contributed by atoms with E-state index in [1.807, 2.05) is 0 Å². The predicted octanol–water partition coefficient (Wildman–Crippen LogP) is 2.81. The lowest BCUT2D eigenvalue weighted by atomic mass is 9.86. The quantitative estimate of drug-likeness (QED) is 0.868. The van der Waals surface area contributed by atoms with Crippen LogP contribution in [0.3, 0.4) is 0 Å². The molecule has 1 atom stereocenters. The van der Waals surface area contributed by atoms with Gasteiger partial charge in [0.2, 0.25) is 0 Å². The van der Waals surface area contributed by atoms with E-state index in [9.17, 15) is 0 Å². The second-order valence-corrected chi connectivity index (χ2v) is 6.50. The third kappa shape index (κ3) is 5.19. The van der Waals surface area contributed by atoms with Crippen LogP contribution in [0.25, 0.3) is 0 Å². The Hall–Kier alpha value is -0.860. The normalized spacial score (nSPS) is 13.9. The summed E-state index contributed by atoms with van der Waals surface area (Å²) in [6, 6.07) is 9.15. The van der Waals surface area contributed by atoms with E-state index < -0.39 is 0 Å². The molecule has 2 heteroatoms. The summed E-state index contributed by atoms with van der Waals surface area (Å²) in [6.07, 6.45) is 2.02. The zero-order chi connectivity index (χ0) is 13.8. The molecule has 0 bridgehead atoms. The predicted molar refractivity (Wildman–Crippen MR) is 80.0 cm³/mol. The number of benzene rings is 1. The molecule has 1 unspecified atom stereocenters. The summed E-state index contributed by atoms with van der Waals surface area (Å²) in [6.45, 7) is 7.78. The average Bonchev–Trinajstić information content (AvgIpc) is 2.26. The summed E-state index contributed by atoms with van der Waals surface area (Å²) >= 11 is 0. The number of hydrogen-bond donors (Lipinski definition) is 1. The van der Waals surface area contributed by atoms with Crippen LogP contribution in [-0.4, -0.2) is 31.6 Å². The molecule has 18 heavy (non-hydrogen) atoms. The molecule has 0 aliphatic carbocycles. The molecule has 0 aliphatic rings. The number of nitrogens with two attached hydrogens (primary N) is 1. The molecule has 0 amide bonds. The summed E-state index contributed by atoms with van der Waals surface area (Å²) in [7, 11) is 4.18. The van der Waals surface area contributed by atoms with Crippen molar-refractivity contribution in [3.05, 3.63) is 35.4 Å². The third-order valence-corrected chi connectivity index (χ3v) is 3.26. The first kappa shape index (κ1) is 15.2. The van der Waals surface area contributed by atoms with Gasteiger partial charge < -0.3 is 10.6 Å². The smallest absolute Gasteiger partial charge is 0.00914 e. The van der Waals surface area contributed by atoms with Crippen molar-refractivity contribution in [2.75, 3.05) is 20.6 Å². The topological polar surface area (TPSA) is 29.3 Å². The van der Waals surface area contributed by atoms with Crippen molar-refractivity contribution in [3.8, 4) is 0 Å². The maximum absolute atomic E-state index is 6.15. The summed E-state index contributed by atoms with van der Waals surface area (Å²) < 4.78 is 0. The fraction of sp³-hybridized carbons (Fsp3) is 0.625. The Bertz CT molecular complexity index is 346. The summed E-state index contributed by atoms with van der Waals surface area (Å²) in [5.41, 5.74) is 9.10. The molecule has 102 valence electrons. The van der Waals surface area contributed by atoms with Gasteiger partial charge in [0.1, 0.15) is 0 Å². The largest absolute Gasteiger partial charge is 0.327 e. The van der Waals surface area contributed by atoms with Gasteiger partial charge in [0.15, 0.2) is 0 Å². The lowest BCUT2D eigenvalue weighted by molar-refractivity contribution is 0.379. The lowest BCUT2D eigenvalue weighted by Gasteiger charge is -2.20. The van der Waals surface area contributed by atoms with E-state index in [2.05, 4.69) is 64.0 Å². The van der Waals surface area contributed by atoms with Crippen LogP contribution in [0.2, 0.25) is 0 Å². The molecule has 1 rings (SSSR count). The minimum Gasteiger partial charge on any atom is -0.327 e. The number of nitrogens with zero attached hydrogens (tertiary/aromatic N) is 1. The molecule has 0 aliphatic heterocycles. The molecular weight excluding hydrogens is 220 g/mol. The Morgan fingerprint density at radius 1 is 1.11 bits per heavy atom. The Morgan fingerprint density at radius 2 is 1.67 bits per heavy atom. The summed E-state index contributed by atoms with van der Waals surface area (Å²) in [5.74, 6) is 0. The maximum Gasteiger partial charge on any atom is 0.00914 e. The highest BCUT2D eigenvalue weighted by Gasteiger charge is 2.13. The van der Waals surface area contributed by atoms with Crippen LogP contribution in [-0.2, 0) is 11.8 Å². The Kier molecular flexibility index (Phi) is 5.36. The van der Waals surface area contributed by atoms with Gasteiger partial charge in [0.05, 0.1) is 0 Å². The van der Waals surface area contributed by atoms with Gasteiger partial charge in [-0.1, -0.05) is 45.0 Å². The van der Waals surface area contributed by atoms with Crippen LogP contribution >= 0.6 is 0 Å². The molecule has 0 aromatic heterocycles. The monoisotopic (exact) mass is 248 g/mol. The molecule has 0 spiro atoms. The standard InChI is InChI=1S/C16H28N2/c1-16(2,3)14-8-6-13(7-9-14)12-15(17)10-11-18(4)5/h6-9,15H,10-12,17H2,1-5H3. The zero-order valence-electron chi connectivity index (χ0n) is 12.5. The SMILES string of the molecule is CN(C)CCC(N)Cc1ccc(C(C)(C)C)cc1. The molecule has 2 nitrogen and oxygen atoms in total. The highest BCUT2D eigenvalue weighted by Crippen LogP contribution is 2.22. The minimum absolute atomic E-state index is 0.228. The summed E-state index contributed by atoms with van der Waals surface area (Å²) in [4.78, 5) is 2.18. The fourth-order valence-electron chi connectivity index (χ4n) is 1.97. The molecule has 0 saturated carbocycles. The highest BCUT2D eigenvalue weighted by molar-refractivity contribution is 5.27. The molecule has 1 aromatic carbocycles. The van der Waals surface area contributed by atoms with Crippen LogP contribution in [0.1, 0.15) is 38.3 Å². The van der Waals surface area contributed by atoms with Crippen LogP contribution in [0.5, 0.6) is 0 Å². The van der Waals surface area contributed by atoms with Crippen LogP contribution in [0.4, 0.5) is 0 Å². The maximum atomic E-state index is 6.15. The number of hydrogen-bond acceptors (Lipinski definition) is 2.